The Labute approximate surface area is 73.5 Å². The van der Waals surface area contributed by atoms with Crippen molar-refractivity contribution in [3.05, 3.63) is 0 Å². The van der Waals surface area contributed by atoms with Gasteiger partial charge in [-0.15, -0.1) is 0 Å². The SMILES string of the molecule is COC(=O)C(C)C(C(=O)O)C(F)F. The van der Waals surface area contributed by atoms with Gasteiger partial charge in [-0.05, 0) is 0 Å². The third kappa shape index (κ3) is 2.96. The van der Waals surface area contributed by atoms with E-state index in [1.54, 1.807) is 0 Å². The Morgan fingerprint density at radius 3 is 2.08 bits per heavy atom. The molecule has 0 rings (SSSR count). The maximum Gasteiger partial charge on any atom is 0.313 e. The summed E-state index contributed by atoms with van der Waals surface area (Å²) in [5.41, 5.74) is 0. The molecule has 0 aliphatic rings. The second kappa shape index (κ2) is 4.74. The molecule has 0 aliphatic heterocycles. The van der Waals surface area contributed by atoms with Gasteiger partial charge < -0.3 is 9.84 Å². The number of rotatable bonds is 4. The lowest BCUT2D eigenvalue weighted by atomic mass is 9.95. The van der Waals surface area contributed by atoms with Crippen LogP contribution in [0.3, 0.4) is 0 Å². The van der Waals surface area contributed by atoms with Crippen LogP contribution in [0, 0.1) is 11.8 Å². The summed E-state index contributed by atoms with van der Waals surface area (Å²) in [6.45, 7) is 1.09. The minimum atomic E-state index is -3.08. The molecule has 6 heteroatoms. The highest BCUT2D eigenvalue weighted by molar-refractivity contribution is 5.81. The molecule has 0 saturated carbocycles. The van der Waals surface area contributed by atoms with Gasteiger partial charge in [0.15, 0.2) is 0 Å². The lowest BCUT2D eigenvalue weighted by Crippen LogP contribution is -2.33. The number of halogens is 2. The Morgan fingerprint density at radius 1 is 1.38 bits per heavy atom. The van der Waals surface area contributed by atoms with Gasteiger partial charge in [0.1, 0.15) is 5.92 Å². The molecule has 0 heterocycles. The zero-order chi connectivity index (χ0) is 10.6. The van der Waals surface area contributed by atoms with Crippen molar-refractivity contribution in [3.63, 3.8) is 0 Å². The Hall–Kier alpha value is -1.20. The lowest BCUT2D eigenvalue weighted by molar-refractivity contribution is -0.161. The molecule has 0 aliphatic carbocycles. The largest absolute Gasteiger partial charge is 0.481 e. The van der Waals surface area contributed by atoms with Gasteiger partial charge in [0.25, 0.3) is 6.43 Å². The van der Waals surface area contributed by atoms with Gasteiger partial charge in [0.2, 0.25) is 0 Å². The Bertz CT molecular complexity index is 205. The van der Waals surface area contributed by atoms with E-state index in [4.69, 9.17) is 5.11 Å². The van der Waals surface area contributed by atoms with E-state index in [1.807, 2.05) is 0 Å². The maximum absolute atomic E-state index is 12.1. The minimum absolute atomic E-state index is 0.951. The van der Waals surface area contributed by atoms with E-state index in [0.717, 1.165) is 14.0 Å². The van der Waals surface area contributed by atoms with Crippen molar-refractivity contribution in [2.45, 2.75) is 13.3 Å². The lowest BCUT2D eigenvalue weighted by Gasteiger charge is -2.16. The molecule has 2 unspecified atom stereocenters. The fraction of sp³-hybridized carbons (Fsp3) is 0.714. The molecule has 2 atom stereocenters. The van der Waals surface area contributed by atoms with E-state index in [9.17, 15) is 18.4 Å². The van der Waals surface area contributed by atoms with Crippen molar-refractivity contribution >= 4 is 11.9 Å². The van der Waals surface area contributed by atoms with Gasteiger partial charge in [-0.2, -0.15) is 0 Å². The van der Waals surface area contributed by atoms with Crippen LogP contribution in [0.25, 0.3) is 0 Å². The third-order valence-corrected chi connectivity index (χ3v) is 1.67. The monoisotopic (exact) mass is 196 g/mol. The summed E-state index contributed by atoms with van der Waals surface area (Å²) >= 11 is 0. The second-order valence-corrected chi connectivity index (χ2v) is 2.51. The van der Waals surface area contributed by atoms with Crippen LogP contribution < -0.4 is 0 Å². The number of aliphatic carboxylic acids is 1. The highest BCUT2D eigenvalue weighted by Crippen LogP contribution is 2.21. The summed E-state index contributed by atoms with van der Waals surface area (Å²) in [7, 11) is 1.02. The molecule has 76 valence electrons. The number of carboxylic acid groups (broad SMARTS) is 1. The number of esters is 1. The number of hydrogen-bond donors (Lipinski definition) is 1. The van der Waals surface area contributed by atoms with Crippen LogP contribution in [-0.2, 0) is 14.3 Å². The molecule has 0 bridgehead atoms. The molecule has 0 fully saturated rings. The summed E-state index contributed by atoms with van der Waals surface area (Å²) < 4.78 is 28.4. The fourth-order valence-corrected chi connectivity index (χ4v) is 0.872. The molecule has 0 aromatic heterocycles. The maximum atomic E-state index is 12.1. The van der Waals surface area contributed by atoms with Gasteiger partial charge in [-0.25, -0.2) is 8.78 Å². The number of methoxy groups -OCH3 is 1. The molecular formula is C7H10F2O4. The molecule has 1 N–H and O–H groups in total. The zero-order valence-corrected chi connectivity index (χ0v) is 7.16. The molecule has 0 aromatic rings. The second-order valence-electron chi connectivity index (χ2n) is 2.51. The van der Waals surface area contributed by atoms with Crippen molar-refractivity contribution in [2.75, 3.05) is 7.11 Å². The van der Waals surface area contributed by atoms with Crippen LogP contribution in [0.4, 0.5) is 8.78 Å². The molecule has 4 nitrogen and oxygen atoms in total. The first-order chi connectivity index (χ1) is 5.91. The van der Waals surface area contributed by atoms with Crippen LogP contribution in [0.5, 0.6) is 0 Å². The van der Waals surface area contributed by atoms with Crippen LogP contribution >= 0.6 is 0 Å². The van der Waals surface area contributed by atoms with Crippen LogP contribution in [0.1, 0.15) is 6.92 Å². The standard InChI is InChI=1S/C7H10F2O4/c1-3(7(12)13-2)4(5(8)9)6(10)11/h3-5H,1-2H3,(H,10,11). The highest BCUT2D eigenvalue weighted by atomic mass is 19.3. The summed E-state index contributed by atoms with van der Waals surface area (Å²) in [6.07, 6.45) is -3.08. The molecule has 0 spiro atoms. The average Bonchev–Trinajstić information content (AvgIpc) is 2.01. The highest BCUT2D eigenvalue weighted by Gasteiger charge is 2.38. The Kier molecular flexibility index (Phi) is 4.30. The van der Waals surface area contributed by atoms with Crippen molar-refractivity contribution in [3.8, 4) is 0 Å². The molecule has 0 amide bonds. The van der Waals surface area contributed by atoms with Crippen molar-refractivity contribution < 1.29 is 28.2 Å². The number of alkyl halides is 2. The molecule has 0 saturated heterocycles. The van der Waals surface area contributed by atoms with Gasteiger partial charge in [-0.1, -0.05) is 6.92 Å². The summed E-state index contributed by atoms with van der Waals surface area (Å²) in [4.78, 5) is 21.1. The number of carbonyl (C=O) groups excluding carboxylic acids is 1. The fourth-order valence-electron chi connectivity index (χ4n) is 0.872. The summed E-state index contributed by atoms with van der Waals surface area (Å²) in [5, 5.41) is 8.37. The topological polar surface area (TPSA) is 63.6 Å². The molecular weight excluding hydrogens is 186 g/mol. The van der Waals surface area contributed by atoms with E-state index in [-0.39, 0.29) is 0 Å². The molecule has 13 heavy (non-hydrogen) atoms. The quantitative estimate of drug-likeness (QED) is 0.674. The summed E-state index contributed by atoms with van der Waals surface area (Å²) in [5.74, 6) is -6.00. The van der Waals surface area contributed by atoms with Gasteiger partial charge >= 0.3 is 11.9 Å². The van der Waals surface area contributed by atoms with E-state index >= 15 is 0 Å². The molecule has 0 radical (unpaired) electrons. The number of carbonyl (C=O) groups is 2. The zero-order valence-electron chi connectivity index (χ0n) is 7.16. The predicted molar refractivity (Wildman–Crippen MR) is 38.3 cm³/mol. The number of ether oxygens (including phenoxy) is 1. The van der Waals surface area contributed by atoms with Gasteiger partial charge in [-0.3, -0.25) is 9.59 Å². The van der Waals surface area contributed by atoms with E-state index < -0.39 is 30.2 Å². The first-order valence-corrected chi connectivity index (χ1v) is 3.50. The number of hydrogen-bond acceptors (Lipinski definition) is 3. The average molecular weight is 196 g/mol. The van der Waals surface area contributed by atoms with Crippen molar-refractivity contribution in [1.82, 2.24) is 0 Å². The first-order valence-electron chi connectivity index (χ1n) is 3.50. The number of carboxylic acids is 1. The van der Waals surface area contributed by atoms with E-state index in [1.165, 1.54) is 0 Å². The third-order valence-electron chi connectivity index (χ3n) is 1.67. The Balaban J connectivity index is 4.55. The summed E-state index contributed by atoms with van der Waals surface area (Å²) in [6, 6.07) is 0. The smallest absolute Gasteiger partial charge is 0.313 e. The van der Waals surface area contributed by atoms with Crippen molar-refractivity contribution in [1.29, 1.82) is 0 Å². The first kappa shape index (κ1) is 11.8. The van der Waals surface area contributed by atoms with Gasteiger partial charge in [0.05, 0.1) is 13.0 Å². The van der Waals surface area contributed by atoms with Crippen molar-refractivity contribution in [2.24, 2.45) is 11.8 Å². The van der Waals surface area contributed by atoms with Crippen LogP contribution in [0.2, 0.25) is 0 Å². The predicted octanol–water partition coefficient (Wildman–Crippen LogP) is 0.761. The van der Waals surface area contributed by atoms with Gasteiger partial charge in [0, 0.05) is 0 Å². The van der Waals surface area contributed by atoms with E-state index in [0.29, 0.717) is 0 Å². The Morgan fingerprint density at radius 2 is 1.85 bits per heavy atom. The van der Waals surface area contributed by atoms with E-state index in [2.05, 4.69) is 4.74 Å². The minimum Gasteiger partial charge on any atom is -0.481 e. The van der Waals surface area contributed by atoms with Crippen LogP contribution in [-0.4, -0.2) is 30.6 Å². The molecule has 0 aromatic carbocycles. The normalized spacial score (nSPS) is 15.2. The van der Waals surface area contributed by atoms with Crippen LogP contribution in [0.15, 0.2) is 0 Å².